The Balaban J connectivity index is 2.50. The largest absolute Gasteiger partial charge is 0.480 e. The lowest BCUT2D eigenvalue weighted by Crippen LogP contribution is -2.41. The maximum atomic E-state index is 12.4. The molecule has 1 amide bonds. The predicted octanol–water partition coefficient (Wildman–Crippen LogP) is 2.95. The van der Waals surface area contributed by atoms with Crippen LogP contribution in [0.25, 0.3) is 0 Å². The lowest BCUT2D eigenvalue weighted by molar-refractivity contribution is -0.141. The van der Waals surface area contributed by atoms with Crippen LogP contribution in [-0.4, -0.2) is 33.8 Å². The Kier molecular flexibility index (Phi) is 7.34. The van der Waals surface area contributed by atoms with Crippen molar-refractivity contribution in [2.24, 2.45) is 0 Å². The molecule has 1 aromatic heterocycles. The Labute approximate surface area is 135 Å². The highest BCUT2D eigenvalue weighted by Gasteiger charge is 2.30. The lowest BCUT2D eigenvalue weighted by atomic mass is 10.1. The van der Waals surface area contributed by atoms with E-state index in [1.54, 1.807) is 0 Å². The highest BCUT2D eigenvalue weighted by Crippen LogP contribution is 2.29. The second kappa shape index (κ2) is 8.76. The lowest BCUT2D eigenvalue weighted by Gasteiger charge is -2.13. The van der Waals surface area contributed by atoms with Gasteiger partial charge in [0.2, 0.25) is 5.91 Å². The van der Waals surface area contributed by atoms with Crippen LogP contribution in [0.4, 0.5) is 13.2 Å². The van der Waals surface area contributed by atoms with Crippen molar-refractivity contribution in [3.8, 4) is 0 Å². The van der Waals surface area contributed by atoms with Gasteiger partial charge >= 0.3 is 12.1 Å². The van der Waals surface area contributed by atoms with E-state index in [4.69, 9.17) is 5.11 Å². The quantitative estimate of drug-likeness (QED) is 0.705. The zero-order valence-electron chi connectivity index (χ0n) is 12.4. The van der Waals surface area contributed by atoms with Gasteiger partial charge in [-0.15, -0.1) is 0 Å². The zero-order chi connectivity index (χ0) is 17.5. The first kappa shape index (κ1) is 19.3. The number of pyridine rings is 1. The second-order valence-electron chi connectivity index (χ2n) is 4.77. The van der Waals surface area contributed by atoms with Crippen LogP contribution in [0.1, 0.15) is 31.7 Å². The Morgan fingerprint density at radius 2 is 2.09 bits per heavy atom. The molecule has 1 aromatic rings. The van der Waals surface area contributed by atoms with E-state index in [9.17, 15) is 22.8 Å². The molecule has 0 spiro atoms. The molecule has 128 valence electrons. The Morgan fingerprint density at radius 3 is 2.57 bits per heavy atom. The highest BCUT2D eigenvalue weighted by molar-refractivity contribution is 7.99. The smallest absolute Gasteiger partial charge is 0.417 e. The molecule has 0 aliphatic carbocycles. The molecule has 0 aromatic carbocycles. The minimum absolute atomic E-state index is 0.117. The first-order valence-corrected chi connectivity index (χ1v) is 7.90. The number of halogens is 3. The van der Waals surface area contributed by atoms with E-state index in [1.165, 1.54) is 6.07 Å². The molecule has 9 heteroatoms. The number of nitrogens with zero attached hydrogens (tertiary/aromatic N) is 1. The SMILES string of the molecule is CCCCC(NC(=O)CSc1ccc(C(F)(F)F)cn1)C(=O)O. The van der Waals surface area contributed by atoms with Crippen LogP contribution in [0.5, 0.6) is 0 Å². The van der Waals surface area contributed by atoms with Crippen molar-refractivity contribution in [3.63, 3.8) is 0 Å². The molecule has 1 rings (SSSR count). The Hall–Kier alpha value is -1.77. The van der Waals surface area contributed by atoms with Gasteiger partial charge in [0, 0.05) is 6.20 Å². The van der Waals surface area contributed by atoms with Crippen molar-refractivity contribution >= 4 is 23.6 Å². The van der Waals surface area contributed by atoms with Crippen molar-refractivity contribution in [2.75, 3.05) is 5.75 Å². The van der Waals surface area contributed by atoms with Gasteiger partial charge in [-0.05, 0) is 18.6 Å². The van der Waals surface area contributed by atoms with E-state index >= 15 is 0 Å². The molecule has 2 N–H and O–H groups in total. The summed E-state index contributed by atoms with van der Waals surface area (Å²) in [7, 11) is 0. The third kappa shape index (κ3) is 6.89. The standard InChI is InChI=1S/C14H17F3N2O3S/c1-2-3-4-10(13(21)22)19-11(20)8-23-12-6-5-9(7-18-12)14(15,16)17/h5-7,10H,2-4,8H2,1H3,(H,19,20)(H,21,22). The van der Waals surface area contributed by atoms with Gasteiger partial charge in [0.15, 0.2) is 0 Å². The fourth-order valence-corrected chi connectivity index (χ4v) is 2.33. The first-order valence-electron chi connectivity index (χ1n) is 6.92. The fourth-order valence-electron chi connectivity index (χ4n) is 1.67. The third-order valence-electron chi connectivity index (χ3n) is 2.89. The monoisotopic (exact) mass is 350 g/mol. The van der Waals surface area contributed by atoms with Crippen LogP contribution in [0, 0.1) is 0 Å². The van der Waals surface area contributed by atoms with E-state index < -0.39 is 29.7 Å². The summed E-state index contributed by atoms with van der Waals surface area (Å²) in [6.07, 6.45) is -1.95. The topological polar surface area (TPSA) is 79.3 Å². The van der Waals surface area contributed by atoms with Gasteiger partial charge < -0.3 is 10.4 Å². The number of alkyl halides is 3. The zero-order valence-corrected chi connectivity index (χ0v) is 13.2. The number of aliphatic carboxylic acids is 1. The summed E-state index contributed by atoms with van der Waals surface area (Å²) in [4.78, 5) is 26.4. The van der Waals surface area contributed by atoms with Crippen molar-refractivity contribution < 1.29 is 27.9 Å². The van der Waals surface area contributed by atoms with E-state index in [0.717, 1.165) is 24.2 Å². The van der Waals surface area contributed by atoms with E-state index in [0.29, 0.717) is 19.0 Å². The summed E-state index contributed by atoms with van der Waals surface area (Å²) in [5.41, 5.74) is -0.864. The molecule has 23 heavy (non-hydrogen) atoms. The van der Waals surface area contributed by atoms with Crippen molar-refractivity contribution in [2.45, 2.75) is 43.4 Å². The summed E-state index contributed by atoms with van der Waals surface area (Å²) in [6, 6.07) is 1.10. The molecular formula is C14H17F3N2O3S. The maximum Gasteiger partial charge on any atom is 0.417 e. The maximum absolute atomic E-state index is 12.4. The van der Waals surface area contributed by atoms with E-state index in [1.807, 2.05) is 6.92 Å². The normalized spacial score (nSPS) is 12.7. The minimum atomic E-state index is -4.46. The molecule has 0 bridgehead atoms. The number of rotatable bonds is 8. The number of carboxylic acids is 1. The average Bonchev–Trinajstić information content (AvgIpc) is 2.48. The molecule has 5 nitrogen and oxygen atoms in total. The number of nitrogens with one attached hydrogen (secondary N) is 1. The van der Waals surface area contributed by atoms with Crippen LogP contribution in [-0.2, 0) is 15.8 Å². The molecule has 0 aliphatic heterocycles. The van der Waals surface area contributed by atoms with E-state index in [-0.39, 0.29) is 10.8 Å². The molecule has 1 unspecified atom stereocenters. The van der Waals surface area contributed by atoms with Crippen LogP contribution in [0.3, 0.4) is 0 Å². The molecule has 0 aliphatic rings. The van der Waals surface area contributed by atoms with Crippen LogP contribution < -0.4 is 5.32 Å². The summed E-state index contributed by atoms with van der Waals surface area (Å²) in [5.74, 6) is -1.72. The Morgan fingerprint density at radius 1 is 1.39 bits per heavy atom. The number of carbonyl (C=O) groups excluding carboxylic acids is 1. The van der Waals surface area contributed by atoms with Crippen LogP contribution in [0.2, 0.25) is 0 Å². The molecular weight excluding hydrogens is 333 g/mol. The average molecular weight is 350 g/mol. The van der Waals surface area contributed by atoms with Crippen LogP contribution in [0.15, 0.2) is 23.4 Å². The summed E-state index contributed by atoms with van der Waals surface area (Å²) >= 11 is 0.942. The van der Waals surface area contributed by atoms with Gasteiger partial charge in [-0.1, -0.05) is 31.5 Å². The number of hydrogen-bond donors (Lipinski definition) is 2. The van der Waals surface area contributed by atoms with Crippen molar-refractivity contribution in [1.29, 1.82) is 0 Å². The number of thioether (sulfide) groups is 1. The van der Waals surface area contributed by atoms with Gasteiger partial charge in [0.25, 0.3) is 0 Å². The molecule has 0 saturated heterocycles. The molecule has 0 radical (unpaired) electrons. The molecule has 0 fully saturated rings. The highest BCUT2D eigenvalue weighted by atomic mass is 32.2. The fraction of sp³-hybridized carbons (Fsp3) is 0.500. The number of carbonyl (C=O) groups is 2. The van der Waals surface area contributed by atoms with Crippen molar-refractivity contribution in [1.82, 2.24) is 10.3 Å². The summed E-state index contributed by atoms with van der Waals surface area (Å²) in [5, 5.41) is 11.6. The Bertz CT molecular complexity index is 535. The summed E-state index contributed by atoms with van der Waals surface area (Å²) in [6.45, 7) is 1.91. The second-order valence-corrected chi connectivity index (χ2v) is 5.77. The number of unbranched alkanes of at least 4 members (excludes halogenated alkanes) is 1. The van der Waals surface area contributed by atoms with Crippen molar-refractivity contribution in [3.05, 3.63) is 23.9 Å². The van der Waals surface area contributed by atoms with Gasteiger partial charge in [-0.25, -0.2) is 9.78 Å². The van der Waals surface area contributed by atoms with E-state index in [2.05, 4.69) is 10.3 Å². The van der Waals surface area contributed by atoms with Gasteiger partial charge in [0.05, 0.1) is 16.3 Å². The molecule has 0 saturated carbocycles. The number of hydrogen-bond acceptors (Lipinski definition) is 4. The molecule has 1 atom stereocenters. The number of amides is 1. The first-order chi connectivity index (χ1) is 10.7. The molecule has 1 heterocycles. The van der Waals surface area contributed by atoms with Gasteiger partial charge in [0.1, 0.15) is 6.04 Å². The summed E-state index contributed by atoms with van der Waals surface area (Å²) < 4.78 is 37.2. The van der Waals surface area contributed by atoms with Gasteiger partial charge in [-0.3, -0.25) is 4.79 Å². The predicted molar refractivity (Wildman–Crippen MR) is 79.1 cm³/mol. The third-order valence-corrected chi connectivity index (χ3v) is 3.84. The minimum Gasteiger partial charge on any atom is -0.480 e. The van der Waals surface area contributed by atoms with Crippen LogP contribution >= 0.6 is 11.8 Å². The number of carboxylic acid groups (broad SMARTS) is 1. The van der Waals surface area contributed by atoms with Gasteiger partial charge in [-0.2, -0.15) is 13.2 Å². The number of aromatic nitrogens is 1.